The van der Waals surface area contributed by atoms with Crippen molar-refractivity contribution in [1.29, 1.82) is 0 Å². The van der Waals surface area contributed by atoms with E-state index in [2.05, 4.69) is 10.3 Å². The summed E-state index contributed by atoms with van der Waals surface area (Å²) < 4.78 is 0. The largest absolute Gasteiger partial charge is 0.370 e. The number of nitrogens with two attached hydrogens (primary N) is 1. The Kier molecular flexibility index (Phi) is 8.83. The van der Waals surface area contributed by atoms with Crippen LogP contribution in [0.5, 0.6) is 0 Å². The van der Waals surface area contributed by atoms with Crippen LogP contribution >= 0.6 is 24.0 Å². The van der Waals surface area contributed by atoms with E-state index < -0.39 is 0 Å². The van der Waals surface area contributed by atoms with Gasteiger partial charge in [-0.1, -0.05) is 38.5 Å². The molecule has 3 N–H and O–H groups in total. The highest BCUT2D eigenvalue weighted by atomic mass is 127. The molecule has 0 aromatic heterocycles. The Morgan fingerprint density at radius 2 is 1.68 bits per heavy atom. The molecule has 0 radical (unpaired) electrons. The molecule has 0 bridgehead atoms. The van der Waals surface area contributed by atoms with E-state index in [-0.39, 0.29) is 24.0 Å². The molecule has 0 spiro atoms. The maximum atomic E-state index is 5.86. The smallest absolute Gasteiger partial charge is 0.188 e. The lowest BCUT2D eigenvalue weighted by molar-refractivity contribution is 0.325. The lowest BCUT2D eigenvalue weighted by atomic mass is 9.86. The van der Waals surface area contributed by atoms with Gasteiger partial charge in [-0.3, -0.25) is 4.99 Å². The monoisotopic (exact) mass is 379 g/mol. The predicted molar refractivity (Wildman–Crippen MR) is 93.1 cm³/mol. The molecular formula is C15H30IN3. The Morgan fingerprint density at radius 3 is 2.32 bits per heavy atom. The summed E-state index contributed by atoms with van der Waals surface area (Å²) in [6.07, 6.45) is 13.9. The van der Waals surface area contributed by atoms with Gasteiger partial charge in [-0.25, -0.2) is 0 Å². The second-order valence-corrected chi connectivity index (χ2v) is 6.10. The first-order valence-electron chi connectivity index (χ1n) is 7.88. The van der Waals surface area contributed by atoms with E-state index in [4.69, 9.17) is 5.73 Å². The molecule has 3 nitrogen and oxygen atoms in total. The summed E-state index contributed by atoms with van der Waals surface area (Å²) in [6, 6.07) is 0. The third kappa shape index (κ3) is 6.82. The Morgan fingerprint density at radius 1 is 1.00 bits per heavy atom. The topological polar surface area (TPSA) is 50.4 Å². The molecule has 4 heteroatoms. The summed E-state index contributed by atoms with van der Waals surface area (Å²) in [5.41, 5.74) is 5.86. The number of halogens is 1. The van der Waals surface area contributed by atoms with Gasteiger partial charge >= 0.3 is 0 Å². The van der Waals surface area contributed by atoms with Gasteiger partial charge in [0.05, 0.1) is 0 Å². The molecule has 0 aromatic rings. The van der Waals surface area contributed by atoms with E-state index in [1.807, 2.05) is 0 Å². The summed E-state index contributed by atoms with van der Waals surface area (Å²) >= 11 is 0. The van der Waals surface area contributed by atoms with Crippen molar-refractivity contribution in [2.24, 2.45) is 22.6 Å². The van der Waals surface area contributed by atoms with Crippen LogP contribution in [0.15, 0.2) is 4.99 Å². The number of nitrogens with one attached hydrogen (secondary N) is 1. The number of guanidine groups is 1. The van der Waals surface area contributed by atoms with E-state index in [0.29, 0.717) is 5.96 Å². The fourth-order valence-electron chi connectivity index (χ4n) is 3.04. The minimum atomic E-state index is 0. The lowest BCUT2D eigenvalue weighted by Crippen LogP contribution is -2.33. The Balaban J connectivity index is 0.00000180. The van der Waals surface area contributed by atoms with Crippen molar-refractivity contribution in [2.45, 2.75) is 64.2 Å². The van der Waals surface area contributed by atoms with Crippen LogP contribution in [0.2, 0.25) is 0 Å². The molecule has 0 aliphatic heterocycles. The van der Waals surface area contributed by atoms with Crippen molar-refractivity contribution < 1.29 is 0 Å². The quantitative estimate of drug-likeness (QED) is 0.320. The van der Waals surface area contributed by atoms with Crippen LogP contribution in [0.1, 0.15) is 64.2 Å². The van der Waals surface area contributed by atoms with Crippen molar-refractivity contribution in [2.75, 3.05) is 13.1 Å². The standard InChI is InChI=1S/C15H29N3.HI/c16-15(18-12-14-8-4-9-14)17-11-5-10-13-6-2-1-3-7-13;/h13-14H,1-12H2,(H3,16,17,18);1H. The highest BCUT2D eigenvalue weighted by molar-refractivity contribution is 14.0. The maximum absolute atomic E-state index is 5.86. The molecule has 0 unspecified atom stereocenters. The van der Waals surface area contributed by atoms with Gasteiger partial charge in [-0.2, -0.15) is 0 Å². The fourth-order valence-corrected chi connectivity index (χ4v) is 3.04. The van der Waals surface area contributed by atoms with Crippen LogP contribution in [0.3, 0.4) is 0 Å². The van der Waals surface area contributed by atoms with Crippen LogP contribution in [0.4, 0.5) is 0 Å². The summed E-state index contributed by atoms with van der Waals surface area (Å²) in [4.78, 5) is 4.41. The van der Waals surface area contributed by atoms with Gasteiger partial charge in [0.25, 0.3) is 0 Å². The zero-order valence-corrected chi connectivity index (χ0v) is 14.4. The molecule has 2 aliphatic rings. The molecular weight excluding hydrogens is 349 g/mol. The third-order valence-corrected chi connectivity index (χ3v) is 4.56. The zero-order valence-electron chi connectivity index (χ0n) is 12.1. The van der Waals surface area contributed by atoms with Crippen molar-refractivity contribution in [3.8, 4) is 0 Å². The van der Waals surface area contributed by atoms with Gasteiger partial charge in [-0.05, 0) is 37.5 Å². The molecule has 2 saturated carbocycles. The van der Waals surface area contributed by atoms with Crippen LogP contribution in [0.25, 0.3) is 0 Å². The van der Waals surface area contributed by atoms with Crippen LogP contribution in [0, 0.1) is 11.8 Å². The van der Waals surface area contributed by atoms with Crippen LogP contribution in [-0.4, -0.2) is 19.0 Å². The molecule has 112 valence electrons. The molecule has 0 heterocycles. The second-order valence-electron chi connectivity index (χ2n) is 6.10. The highest BCUT2D eigenvalue weighted by Gasteiger charge is 2.16. The van der Waals surface area contributed by atoms with Gasteiger partial charge in [0.2, 0.25) is 0 Å². The summed E-state index contributed by atoms with van der Waals surface area (Å²) in [7, 11) is 0. The normalized spacial score (nSPS) is 21.6. The molecule has 0 amide bonds. The van der Waals surface area contributed by atoms with E-state index >= 15 is 0 Å². The van der Waals surface area contributed by atoms with Gasteiger partial charge in [0.15, 0.2) is 5.96 Å². The highest BCUT2D eigenvalue weighted by Crippen LogP contribution is 2.27. The van der Waals surface area contributed by atoms with Crippen LogP contribution < -0.4 is 11.1 Å². The van der Waals surface area contributed by atoms with Gasteiger partial charge in [0.1, 0.15) is 0 Å². The first-order chi connectivity index (χ1) is 8.84. The Labute approximate surface area is 135 Å². The maximum Gasteiger partial charge on any atom is 0.188 e. The van der Waals surface area contributed by atoms with Gasteiger partial charge in [0, 0.05) is 13.1 Å². The molecule has 0 aromatic carbocycles. The molecule has 0 saturated heterocycles. The van der Waals surface area contributed by atoms with E-state index in [0.717, 1.165) is 24.9 Å². The average molecular weight is 379 g/mol. The minimum Gasteiger partial charge on any atom is -0.370 e. The summed E-state index contributed by atoms with van der Waals surface area (Å²) in [5.74, 6) is 2.45. The Bertz CT molecular complexity index is 258. The van der Waals surface area contributed by atoms with E-state index in [1.54, 1.807) is 0 Å². The molecule has 2 rings (SSSR count). The number of rotatable bonds is 6. The molecule has 2 fully saturated rings. The zero-order chi connectivity index (χ0) is 12.6. The van der Waals surface area contributed by atoms with Crippen molar-refractivity contribution in [3.63, 3.8) is 0 Å². The van der Waals surface area contributed by atoms with Crippen molar-refractivity contribution >= 4 is 29.9 Å². The predicted octanol–water partition coefficient (Wildman–Crippen LogP) is 3.67. The minimum absolute atomic E-state index is 0. The molecule has 2 aliphatic carbocycles. The van der Waals surface area contributed by atoms with E-state index in [9.17, 15) is 0 Å². The SMILES string of the molecule is I.NC(=NCC1CCC1)NCCCC1CCCCC1. The second kappa shape index (κ2) is 9.83. The molecule has 19 heavy (non-hydrogen) atoms. The lowest BCUT2D eigenvalue weighted by Gasteiger charge is -2.23. The number of nitrogens with zero attached hydrogens (tertiary/aromatic N) is 1. The Hall–Kier alpha value is 0. The van der Waals surface area contributed by atoms with Crippen LogP contribution in [-0.2, 0) is 0 Å². The fraction of sp³-hybridized carbons (Fsp3) is 0.933. The van der Waals surface area contributed by atoms with Gasteiger partial charge < -0.3 is 11.1 Å². The van der Waals surface area contributed by atoms with E-state index in [1.165, 1.54) is 64.2 Å². The molecule has 0 atom stereocenters. The first kappa shape index (κ1) is 17.1. The van der Waals surface area contributed by atoms with Crippen molar-refractivity contribution in [3.05, 3.63) is 0 Å². The number of hydrogen-bond donors (Lipinski definition) is 2. The average Bonchev–Trinajstić information content (AvgIpc) is 2.34. The third-order valence-electron chi connectivity index (χ3n) is 4.56. The van der Waals surface area contributed by atoms with Gasteiger partial charge in [-0.15, -0.1) is 24.0 Å². The number of aliphatic imine (C=N–C) groups is 1. The number of hydrogen-bond acceptors (Lipinski definition) is 1. The summed E-state index contributed by atoms with van der Waals surface area (Å²) in [6.45, 7) is 1.93. The summed E-state index contributed by atoms with van der Waals surface area (Å²) in [5, 5.41) is 3.25. The van der Waals surface area contributed by atoms with Crippen molar-refractivity contribution in [1.82, 2.24) is 5.32 Å². The first-order valence-corrected chi connectivity index (χ1v) is 7.88.